The summed E-state index contributed by atoms with van der Waals surface area (Å²) in [5, 5.41) is 5.55. The molecule has 0 unspecified atom stereocenters. The second kappa shape index (κ2) is 31.7. The highest BCUT2D eigenvalue weighted by molar-refractivity contribution is 8.99. The van der Waals surface area contributed by atoms with Gasteiger partial charge in [0.05, 0.1) is 66.4 Å². The minimum atomic E-state index is -6.13. The first-order chi connectivity index (χ1) is 47.4. The molecule has 0 aliphatic carbocycles. The van der Waals surface area contributed by atoms with Gasteiger partial charge in [-0.25, -0.2) is 4.67 Å². The van der Waals surface area contributed by atoms with Gasteiger partial charge in [-0.05, 0) is 109 Å². The summed E-state index contributed by atoms with van der Waals surface area (Å²) in [6.45, 7) is 7.16. The highest BCUT2D eigenvalue weighted by Gasteiger charge is 2.51. The molecule has 0 fully saturated rings. The lowest BCUT2D eigenvalue weighted by Gasteiger charge is -2.46. The van der Waals surface area contributed by atoms with Crippen LogP contribution in [0, 0.1) is 0 Å². The molecule has 556 valence electrons. The fraction of sp³-hybridized carbons (Fsp3) is 0.265. The van der Waals surface area contributed by atoms with E-state index in [1.165, 1.54) is 48.9 Å². The van der Waals surface area contributed by atoms with E-state index in [4.69, 9.17) is 46.4 Å². The molecule has 0 saturated carbocycles. The maximum absolute atomic E-state index is 14.2. The predicted octanol–water partition coefficient (Wildman–Crippen LogP) is 24.9. The van der Waals surface area contributed by atoms with E-state index in [1.807, 2.05) is 21.2 Å². The number of nitrogens with zero attached hydrogens (tertiary/aromatic N) is 3. The van der Waals surface area contributed by atoms with Crippen molar-refractivity contribution in [2.24, 2.45) is 0 Å². The van der Waals surface area contributed by atoms with Gasteiger partial charge in [-0.2, -0.15) is 132 Å². The molecular formula is C68H53BCl4F24N3PS2. The van der Waals surface area contributed by atoms with Crippen LogP contribution < -0.4 is 26.5 Å². The molecule has 0 N–H and O–H groups in total. The molecule has 0 spiro atoms. The smallest absolute Gasteiger partial charge is 0.286 e. The molecule has 1 heterocycles. The van der Waals surface area contributed by atoms with Crippen LogP contribution in [0.3, 0.4) is 0 Å². The number of hydrogen-bond donors (Lipinski definition) is 0. The lowest BCUT2D eigenvalue weighted by Crippen LogP contribution is -2.75. The van der Waals surface area contributed by atoms with E-state index < -0.39 is 201 Å². The van der Waals surface area contributed by atoms with Crippen LogP contribution in [0.5, 0.6) is 0 Å². The van der Waals surface area contributed by atoms with Crippen molar-refractivity contribution in [2.45, 2.75) is 94.1 Å². The summed E-state index contributed by atoms with van der Waals surface area (Å²) in [6, 6.07) is 29.8. The molecule has 103 heavy (non-hydrogen) atoms. The molecule has 9 aromatic carbocycles. The number of benzene rings is 9. The van der Waals surface area contributed by atoms with Crippen molar-refractivity contribution in [2.75, 3.05) is 29.4 Å². The Kier molecular flexibility index (Phi) is 25.8. The van der Waals surface area contributed by atoms with Gasteiger partial charge in [0.1, 0.15) is 13.2 Å². The monoisotopic (exact) mass is 1610 g/mol. The number of hydrogen-bond acceptors (Lipinski definition) is 4. The van der Waals surface area contributed by atoms with Gasteiger partial charge in [-0.1, -0.05) is 121 Å². The average molecular weight is 1620 g/mol. The van der Waals surface area contributed by atoms with Crippen molar-refractivity contribution in [3.8, 4) is 11.1 Å². The average Bonchev–Trinajstić information content (AvgIpc) is 1.38. The van der Waals surface area contributed by atoms with Gasteiger partial charge in [0, 0.05) is 46.1 Å². The normalized spacial score (nSPS) is 14.9. The van der Waals surface area contributed by atoms with Crippen molar-refractivity contribution >= 4 is 135 Å². The second-order valence-corrected chi connectivity index (χ2v) is 32.2. The van der Waals surface area contributed by atoms with Crippen LogP contribution in [0.15, 0.2) is 181 Å². The Bertz CT molecular complexity index is 4110. The second-order valence-electron chi connectivity index (χ2n) is 23.4. The summed E-state index contributed by atoms with van der Waals surface area (Å²) in [5.41, 5.74) is -25.0. The zero-order valence-electron chi connectivity index (χ0n) is 53.6. The fourth-order valence-corrected chi connectivity index (χ4v) is 23.8. The Morgan fingerprint density at radius 2 is 0.660 bits per heavy atom. The van der Waals surface area contributed by atoms with Crippen LogP contribution in [0.1, 0.15) is 72.2 Å². The van der Waals surface area contributed by atoms with Crippen LogP contribution >= 0.6 is 74.2 Å². The first-order valence-corrected chi connectivity index (χ1v) is 36.2. The number of anilines is 1. The SMILES string of the molecule is CC(C)N(C(C)C)[P@]1(SSc2ccccc2)=[N+](C)c2ccc3ccccc3c2-c2c(ccc3ccccc23)N1C.ClCCl.ClCCl.FC(F)(F)c1cc([B-](c2cc(C(F)(F)F)cc(C(F)(F)F)c2)(c2cc(C(F)(F)F)cc(C(F)(F)F)c2)c2cc(C(F)(F)F)cc(C(F)(F)F)c2)cc(C(F)(F)F)c1. The lowest BCUT2D eigenvalue weighted by molar-refractivity contribution is -0.384. The molecular weight excluding hydrogens is 1560 g/mol. The molecule has 0 amide bonds. The van der Waals surface area contributed by atoms with Crippen molar-refractivity contribution in [1.29, 1.82) is 0 Å². The summed E-state index contributed by atoms with van der Waals surface area (Å²) in [5.74, 6) is 0. The van der Waals surface area contributed by atoms with E-state index in [-0.39, 0.29) is 10.7 Å². The number of alkyl halides is 28. The fourth-order valence-electron chi connectivity index (χ4n) is 12.4. The van der Waals surface area contributed by atoms with Crippen molar-refractivity contribution in [3.05, 3.63) is 220 Å². The number of rotatable bonds is 10. The highest BCUT2D eigenvalue weighted by atomic mass is 35.5. The first kappa shape index (κ1) is 84.0. The summed E-state index contributed by atoms with van der Waals surface area (Å²) in [4.78, 5) is 1.28. The summed E-state index contributed by atoms with van der Waals surface area (Å²) >= 11 is 19.1. The van der Waals surface area contributed by atoms with Gasteiger partial charge in [0.25, 0.3) is 0 Å². The Balaban J connectivity index is 0.000000280. The molecule has 1 aliphatic heterocycles. The Labute approximate surface area is 601 Å². The summed E-state index contributed by atoms with van der Waals surface area (Å²) in [7, 11) is 8.61. The summed E-state index contributed by atoms with van der Waals surface area (Å²) < 4.78 is 349. The maximum Gasteiger partial charge on any atom is 0.416 e. The highest BCUT2D eigenvalue weighted by Crippen LogP contribution is 2.76. The van der Waals surface area contributed by atoms with Gasteiger partial charge in [0.15, 0.2) is 0 Å². The van der Waals surface area contributed by atoms with E-state index in [9.17, 15) is 105 Å². The quantitative estimate of drug-likeness (QED) is 0.0444. The Morgan fingerprint density at radius 3 is 0.951 bits per heavy atom. The maximum atomic E-state index is 14.2. The third-order valence-electron chi connectivity index (χ3n) is 16.3. The van der Waals surface area contributed by atoms with E-state index in [0.717, 1.165) is 0 Å². The van der Waals surface area contributed by atoms with E-state index in [0.29, 0.717) is 12.1 Å². The van der Waals surface area contributed by atoms with E-state index >= 15 is 0 Å². The number of fused-ring (bicyclic) bond motifs is 7. The molecule has 9 aromatic rings. The number of halogens is 28. The molecule has 0 radical (unpaired) electrons. The van der Waals surface area contributed by atoms with Gasteiger partial charge in [0.2, 0.25) is 5.69 Å². The molecule has 1 atom stereocenters. The molecule has 0 aromatic heterocycles. The van der Waals surface area contributed by atoms with Crippen LogP contribution in [0.4, 0.5) is 117 Å². The van der Waals surface area contributed by atoms with Crippen LogP contribution in [-0.4, -0.2) is 52.0 Å². The van der Waals surface area contributed by atoms with Gasteiger partial charge >= 0.3 is 56.0 Å². The van der Waals surface area contributed by atoms with Crippen molar-refractivity contribution < 1.29 is 110 Å². The Morgan fingerprint density at radius 1 is 0.388 bits per heavy atom. The molecule has 0 bridgehead atoms. The minimum Gasteiger partial charge on any atom is -0.286 e. The van der Waals surface area contributed by atoms with Crippen LogP contribution in [0.2, 0.25) is 0 Å². The first-order valence-electron chi connectivity index (χ1n) is 29.6. The lowest BCUT2D eigenvalue weighted by atomic mass is 9.12. The van der Waals surface area contributed by atoms with Gasteiger partial charge in [-0.3, -0.25) is 4.67 Å². The largest absolute Gasteiger partial charge is 0.416 e. The van der Waals surface area contributed by atoms with Crippen LogP contribution in [0.25, 0.3) is 32.7 Å². The summed E-state index contributed by atoms with van der Waals surface area (Å²) in [6.07, 6.45) is -54.8. The zero-order valence-corrected chi connectivity index (χ0v) is 59.1. The molecule has 3 nitrogen and oxygen atoms in total. The standard InChI is InChI=1S/C34H37N3PS2.C32H12BF24.2CH2Cl2/c1-24(2)37(25(3)4)38(40-39-28-16-8-7-9-17-28)35(5)31-22-20-26-14-10-12-18-29(26)33(31)34-30-19-13-11-15-27(30)21-23-32(34)36(38)6;34-25(35,36)13-1-14(26(37,38)39)6-21(5-13)33(22-7-15(27(40,41)42)2-16(8-22)28(43,44)45,23-9-17(29(46,47)48)3-18(10-23)30(49,50)51)24-11-19(31(52,53)54)4-20(12-24)32(55,56)57;2*2-1-3/h7-25H,1-6H3;1-12H;2*1H2/q+1;-1;;. The van der Waals surface area contributed by atoms with Crippen LogP contribution in [-0.2, 0) is 49.4 Å². The Hall–Kier alpha value is -6.27. The third-order valence-corrected chi connectivity index (χ3v) is 26.5. The predicted molar refractivity (Wildman–Crippen MR) is 363 cm³/mol. The topological polar surface area (TPSA) is 9.49 Å². The molecule has 35 heteroatoms. The zero-order chi connectivity index (χ0) is 77.3. The van der Waals surface area contributed by atoms with E-state index in [1.54, 1.807) is 0 Å². The van der Waals surface area contributed by atoms with Crippen molar-refractivity contribution in [1.82, 2.24) is 4.67 Å². The van der Waals surface area contributed by atoms with E-state index in [2.05, 4.69) is 159 Å². The van der Waals surface area contributed by atoms with Gasteiger partial charge < -0.3 is 0 Å². The third kappa shape index (κ3) is 18.4. The minimum absolute atomic E-state index is 0.194. The molecule has 1 aliphatic rings. The van der Waals surface area contributed by atoms with Gasteiger partial charge in [-0.15, -0.1) is 46.4 Å². The molecule has 10 rings (SSSR count). The molecule has 0 saturated heterocycles. The van der Waals surface area contributed by atoms with Crippen molar-refractivity contribution in [3.63, 3.8) is 0 Å².